The topological polar surface area (TPSA) is 106 Å². The fraction of sp³-hybridized carbons (Fsp3) is 0.136. The van der Waals surface area contributed by atoms with Gasteiger partial charge in [0.1, 0.15) is 11.6 Å². The molecule has 31 heavy (non-hydrogen) atoms. The Morgan fingerprint density at radius 1 is 1.06 bits per heavy atom. The molecule has 3 aromatic heterocycles. The highest BCUT2D eigenvalue weighted by atomic mass is 16.5. The summed E-state index contributed by atoms with van der Waals surface area (Å²) in [5.74, 6) is 2.10. The van der Waals surface area contributed by atoms with E-state index in [1.807, 2.05) is 66.7 Å². The number of H-pyrrole nitrogens is 1. The number of tetrazole rings is 1. The summed E-state index contributed by atoms with van der Waals surface area (Å²) < 4.78 is 8.00. The second kappa shape index (κ2) is 8.23. The van der Waals surface area contributed by atoms with E-state index in [1.165, 1.54) is 0 Å². The first-order valence-corrected chi connectivity index (χ1v) is 9.96. The highest BCUT2D eigenvalue weighted by molar-refractivity contribution is 5.60. The molecule has 1 atom stereocenters. The van der Waals surface area contributed by atoms with E-state index in [0.29, 0.717) is 11.6 Å². The zero-order valence-corrected chi connectivity index (χ0v) is 16.8. The van der Waals surface area contributed by atoms with E-state index in [4.69, 9.17) is 4.74 Å². The summed E-state index contributed by atoms with van der Waals surface area (Å²) in [4.78, 5) is 4.58. The molecule has 0 amide bonds. The van der Waals surface area contributed by atoms with Crippen LogP contribution in [0, 0.1) is 0 Å². The Kier molecular flexibility index (Phi) is 4.97. The molecule has 1 unspecified atom stereocenters. The number of aryl methyl sites for hydroxylation is 1. The van der Waals surface area contributed by atoms with Gasteiger partial charge in [0.15, 0.2) is 17.6 Å². The zero-order chi connectivity index (χ0) is 21.0. The van der Waals surface area contributed by atoms with E-state index in [1.54, 1.807) is 10.7 Å². The number of nitrogens with zero attached hydrogens (tertiary/aromatic N) is 6. The monoisotopic (exact) mass is 412 g/mol. The lowest BCUT2D eigenvalue weighted by Gasteiger charge is -2.17. The van der Waals surface area contributed by atoms with Crippen molar-refractivity contribution in [3.63, 3.8) is 0 Å². The minimum atomic E-state index is -0.439. The first-order chi connectivity index (χ1) is 15.3. The second-order valence-corrected chi connectivity index (χ2v) is 6.93. The van der Waals surface area contributed by atoms with Gasteiger partial charge in [0.05, 0.1) is 6.20 Å². The van der Waals surface area contributed by atoms with Crippen molar-refractivity contribution in [3.8, 4) is 5.75 Å². The van der Waals surface area contributed by atoms with Crippen molar-refractivity contribution in [1.82, 2.24) is 35.2 Å². The van der Waals surface area contributed by atoms with Crippen molar-refractivity contribution in [1.29, 1.82) is 0 Å². The highest BCUT2D eigenvalue weighted by Crippen LogP contribution is 2.28. The van der Waals surface area contributed by atoms with Crippen LogP contribution in [0.15, 0.2) is 72.9 Å². The molecule has 2 aromatic carbocycles. The van der Waals surface area contributed by atoms with E-state index >= 15 is 0 Å². The summed E-state index contributed by atoms with van der Waals surface area (Å²) >= 11 is 0. The summed E-state index contributed by atoms with van der Waals surface area (Å²) in [6.07, 6.45) is 2.15. The van der Waals surface area contributed by atoms with E-state index in [0.717, 1.165) is 34.8 Å². The standard InChI is InChI=1S/C22H20N8O/c1-2-16-14-20(30-19(24-16)12-13-23-30)25-17-8-10-18(11-9-17)31-21(22-26-28-29-27-22)15-6-4-3-5-7-15/h3-14,21,25H,2H2,1H3,(H,26,27,28,29). The van der Waals surface area contributed by atoms with Crippen molar-refractivity contribution < 1.29 is 4.74 Å². The number of benzene rings is 2. The molecule has 3 heterocycles. The minimum Gasteiger partial charge on any atom is -0.478 e. The van der Waals surface area contributed by atoms with Gasteiger partial charge in [0, 0.05) is 29.1 Å². The van der Waals surface area contributed by atoms with Crippen LogP contribution >= 0.6 is 0 Å². The normalized spacial score (nSPS) is 12.0. The predicted octanol–water partition coefficient (Wildman–Crippen LogP) is 3.72. The molecule has 5 rings (SSSR count). The Hall–Kier alpha value is -4.27. The summed E-state index contributed by atoms with van der Waals surface area (Å²) in [5, 5.41) is 22.0. The smallest absolute Gasteiger partial charge is 0.194 e. The van der Waals surface area contributed by atoms with Gasteiger partial charge >= 0.3 is 0 Å². The summed E-state index contributed by atoms with van der Waals surface area (Å²) in [6.45, 7) is 2.08. The number of aromatic nitrogens is 7. The number of ether oxygens (including phenoxy) is 1. The molecule has 9 nitrogen and oxygen atoms in total. The summed E-state index contributed by atoms with van der Waals surface area (Å²) in [7, 11) is 0. The van der Waals surface area contributed by atoms with E-state index in [-0.39, 0.29) is 0 Å². The van der Waals surface area contributed by atoms with E-state index < -0.39 is 6.10 Å². The van der Waals surface area contributed by atoms with Gasteiger partial charge in [-0.1, -0.05) is 37.3 Å². The first-order valence-electron chi connectivity index (χ1n) is 9.96. The number of hydrogen-bond acceptors (Lipinski definition) is 7. The molecule has 0 radical (unpaired) electrons. The third-order valence-electron chi connectivity index (χ3n) is 4.87. The van der Waals surface area contributed by atoms with Crippen LogP contribution in [0.25, 0.3) is 5.65 Å². The maximum atomic E-state index is 6.22. The number of rotatable bonds is 7. The number of hydrogen-bond donors (Lipinski definition) is 2. The molecule has 5 aromatic rings. The number of fused-ring (bicyclic) bond motifs is 1. The third-order valence-corrected chi connectivity index (χ3v) is 4.87. The third kappa shape index (κ3) is 3.93. The Labute approximate surface area is 178 Å². The fourth-order valence-corrected chi connectivity index (χ4v) is 3.32. The molecule has 154 valence electrons. The van der Waals surface area contributed by atoms with Crippen LogP contribution in [0.3, 0.4) is 0 Å². The quantitative estimate of drug-likeness (QED) is 0.420. The maximum absolute atomic E-state index is 6.22. The lowest BCUT2D eigenvalue weighted by atomic mass is 10.1. The maximum Gasteiger partial charge on any atom is 0.194 e. The molecule has 0 aliphatic carbocycles. The first kappa shape index (κ1) is 18.7. The van der Waals surface area contributed by atoms with E-state index in [9.17, 15) is 0 Å². The van der Waals surface area contributed by atoms with Gasteiger partial charge in [0.25, 0.3) is 0 Å². The van der Waals surface area contributed by atoms with Crippen molar-refractivity contribution in [2.75, 3.05) is 5.32 Å². The molecular weight excluding hydrogens is 392 g/mol. The molecular formula is C22H20N8O. The highest BCUT2D eigenvalue weighted by Gasteiger charge is 2.20. The molecule has 0 fully saturated rings. The zero-order valence-electron chi connectivity index (χ0n) is 16.8. The molecule has 0 saturated carbocycles. The molecule has 0 aliphatic heterocycles. The van der Waals surface area contributed by atoms with Crippen molar-refractivity contribution in [3.05, 3.63) is 90.0 Å². The number of aromatic amines is 1. The van der Waals surface area contributed by atoms with Gasteiger partial charge in [-0.25, -0.2) is 10.1 Å². The van der Waals surface area contributed by atoms with Crippen LogP contribution < -0.4 is 10.1 Å². The Morgan fingerprint density at radius 3 is 2.65 bits per heavy atom. The van der Waals surface area contributed by atoms with Gasteiger partial charge < -0.3 is 10.1 Å². The van der Waals surface area contributed by atoms with Crippen LogP contribution in [0.4, 0.5) is 11.5 Å². The number of nitrogens with one attached hydrogen (secondary N) is 2. The minimum absolute atomic E-state index is 0.439. The van der Waals surface area contributed by atoms with Crippen molar-refractivity contribution in [2.24, 2.45) is 0 Å². The van der Waals surface area contributed by atoms with Crippen molar-refractivity contribution in [2.45, 2.75) is 19.4 Å². The van der Waals surface area contributed by atoms with Gasteiger partial charge in [0.2, 0.25) is 0 Å². The molecule has 9 heteroatoms. The number of anilines is 2. The summed E-state index contributed by atoms with van der Waals surface area (Å²) in [5.41, 5.74) is 3.68. The van der Waals surface area contributed by atoms with Crippen LogP contribution in [-0.2, 0) is 6.42 Å². The fourth-order valence-electron chi connectivity index (χ4n) is 3.32. The van der Waals surface area contributed by atoms with Gasteiger partial charge in [-0.05, 0) is 41.1 Å². The SMILES string of the molecule is CCc1cc(Nc2ccc(OC(c3ccccc3)c3nnn[nH]3)cc2)n2nccc2n1. The Bertz CT molecular complexity index is 1270. The molecule has 0 bridgehead atoms. The molecule has 0 saturated heterocycles. The molecule has 0 aliphatic rings. The van der Waals surface area contributed by atoms with Crippen molar-refractivity contribution >= 4 is 17.2 Å². The Morgan fingerprint density at radius 2 is 1.90 bits per heavy atom. The van der Waals surface area contributed by atoms with Gasteiger partial charge in [-0.3, -0.25) is 0 Å². The van der Waals surface area contributed by atoms with Crippen LogP contribution in [-0.4, -0.2) is 35.2 Å². The molecule has 0 spiro atoms. The average molecular weight is 412 g/mol. The lowest BCUT2D eigenvalue weighted by Crippen LogP contribution is -2.11. The largest absolute Gasteiger partial charge is 0.478 e. The van der Waals surface area contributed by atoms with Crippen LogP contribution in [0.5, 0.6) is 5.75 Å². The van der Waals surface area contributed by atoms with Crippen LogP contribution in [0.1, 0.15) is 30.1 Å². The summed E-state index contributed by atoms with van der Waals surface area (Å²) in [6, 6.07) is 21.5. The van der Waals surface area contributed by atoms with Crippen LogP contribution in [0.2, 0.25) is 0 Å². The lowest BCUT2D eigenvalue weighted by molar-refractivity contribution is 0.237. The van der Waals surface area contributed by atoms with Gasteiger partial charge in [-0.2, -0.15) is 9.61 Å². The average Bonchev–Trinajstić information content (AvgIpc) is 3.51. The van der Waals surface area contributed by atoms with E-state index in [2.05, 4.69) is 42.9 Å². The predicted molar refractivity (Wildman–Crippen MR) is 115 cm³/mol. The second-order valence-electron chi connectivity index (χ2n) is 6.93. The molecule has 2 N–H and O–H groups in total. The van der Waals surface area contributed by atoms with Gasteiger partial charge in [-0.15, -0.1) is 5.10 Å². The Balaban J connectivity index is 1.38.